The molecule has 0 amide bonds. The molecule has 5 nitrogen and oxygen atoms in total. The van der Waals surface area contributed by atoms with Gasteiger partial charge in [-0.25, -0.2) is 4.79 Å². The molecule has 1 aliphatic heterocycles. The first-order chi connectivity index (χ1) is 15.5. The van der Waals surface area contributed by atoms with E-state index in [1.165, 1.54) is 0 Å². The molecule has 0 spiro atoms. The van der Waals surface area contributed by atoms with Crippen LogP contribution in [0.4, 0.5) is 0 Å². The van der Waals surface area contributed by atoms with Crippen molar-refractivity contribution in [2.75, 3.05) is 6.61 Å². The molecular formula is C27H34O5Si. The van der Waals surface area contributed by atoms with Gasteiger partial charge < -0.3 is 13.9 Å². The van der Waals surface area contributed by atoms with Crippen molar-refractivity contribution >= 4 is 20.3 Å². The number of carbonyl (C=O) groups is 2. The van der Waals surface area contributed by atoms with Crippen molar-refractivity contribution in [2.45, 2.75) is 64.0 Å². The van der Waals surface area contributed by atoms with Gasteiger partial charge in [0.2, 0.25) is 0 Å². The van der Waals surface area contributed by atoms with Gasteiger partial charge in [0, 0.05) is 24.9 Å². The standard InChI is InChI=1S/C27H34O5Si/c1-27(2,3)33(4,5)30-17-22-21-15-25(28)31-23(21)16-24(22)32-26(29)20-13-11-19(12-14-20)18-9-7-6-8-10-18/h6-14,21-24H,15-17H2,1-5H3/t21-,22-,23+,24-/m1/s1. The number of hydrogen-bond acceptors (Lipinski definition) is 5. The third-order valence-corrected chi connectivity index (χ3v) is 12.1. The molecule has 1 heterocycles. The zero-order valence-corrected chi connectivity index (χ0v) is 21.2. The predicted molar refractivity (Wildman–Crippen MR) is 130 cm³/mol. The molecule has 6 heteroatoms. The van der Waals surface area contributed by atoms with E-state index in [0.29, 0.717) is 25.0 Å². The Hall–Kier alpha value is -2.44. The average Bonchev–Trinajstić information content (AvgIpc) is 3.27. The summed E-state index contributed by atoms with van der Waals surface area (Å²) in [6, 6.07) is 17.5. The Balaban J connectivity index is 1.46. The van der Waals surface area contributed by atoms with Gasteiger partial charge in [-0.05, 0) is 41.4 Å². The van der Waals surface area contributed by atoms with Crippen molar-refractivity contribution in [1.82, 2.24) is 0 Å². The topological polar surface area (TPSA) is 61.8 Å². The van der Waals surface area contributed by atoms with E-state index in [4.69, 9.17) is 13.9 Å². The second-order valence-electron chi connectivity index (χ2n) is 10.8. The SMILES string of the molecule is CC(C)(C)[Si](C)(C)OC[C@@H]1[C@H]2CC(=O)O[C@H]2C[C@H]1OC(=O)c1ccc(-c2ccccc2)cc1. The van der Waals surface area contributed by atoms with Crippen LogP contribution in [0, 0.1) is 11.8 Å². The Morgan fingerprint density at radius 3 is 2.30 bits per heavy atom. The van der Waals surface area contributed by atoms with Crippen LogP contribution in [0.3, 0.4) is 0 Å². The molecule has 1 saturated carbocycles. The van der Waals surface area contributed by atoms with Crippen LogP contribution in [0.1, 0.15) is 44.0 Å². The molecule has 4 atom stereocenters. The molecule has 2 fully saturated rings. The first-order valence-electron chi connectivity index (χ1n) is 11.7. The fraction of sp³-hybridized carbons (Fsp3) is 0.481. The van der Waals surface area contributed by atoms with E-state index in [1.807, 2.05) is 54.6 Å². The van der Waals surface area contributed by atoms with Crippen LogP contribution in [-0.2, 0) is 18.7 Å². The summed E-state index contributed by atoms with van der Waals surface area (Å²) in [7, 11) is -1.97. The molecule has 176 valence electrons. The molecule has 2 aromatic rings. The fourth-order valence-electron chi connectivity index (χ4n) is 4.48. The second-order valence-corrected chi connectivity index (χ2v) is 15.6. The first-order valence-corrected chi connectivity index (χ1v) is 14.7. The summed E-state index contributed by atoms with van der Waals surface area (Å²) in [5.74, 6) is -0.504. The third kappa shape index (κ3) is 5.07. The molecule has 2 aliphatic rings. The van der Waals surface area contributed by atoms with Crippen molar-refractivity contribution in [3.8, 4) is 11.1 Å². The third-order valence-electron chi connectivity index (χ3n) is 7.58. The number of fused-ring (bicyclic) bond motifs is 1. The Morgan fingerprint density at radius 1 is 1.03 bits per heavy atom. The summed E-state index contributed by atoms with van der Waals surface area (Å²) in [5.41, 5.74) is 2.67. The van der Waals surface area contributed by atoms with Gasteiger partial charge in [-0.15, -0.1) is 0 Å². The number of hydrogen-bond donors (Lipinski definition) is 0. The summed E-state index contributed by atoms with van der Waals surface area (Å²) < 4.78 is 18.0. The molecule has 0 bridgehead atoms. The van der Waals surface area contributed by atoms with Gasteiger partial charge in [0.05, 0.1) is 12.0 Å². The van der Waals surface area contributed by atoms with E-state index in [-0.39, 0.29) is 41.0 Å². The highest BCUT2D eigenvalue weighted by Crippen LogP contribution is 2.45. The van der Waals surface area contributed by atoms with Crippen LogP contribution in [-0.4, -0.2) is 39.1 Å². The lowest BCUT2D eigenvalue weighted by Crippen LogP contribution is -2.43. The molecule has 0 radical (unpaired) electrons. The summed E-state index contributed by atoms with van der Waals surface area (Å²) >= 11 is 0. The van der Waals surface area contributed by atoms with Gasteiger partial charge in [0.1, 0.15) is 12.2 Å². The van der Waals surface area contributed by atoms with Crippen LogP contribution < -0.4 is 0 Å². The van der Waals surface area contributed by atoms with Gasteiger partial charge >= 0.3 is 11.9 Å². The Morgan fingerprint density at radius 2 is 1.67 bits per heavy atom. The molecular weight excluding hydrogens is 432 g/mol. The minimum Gasteiger partial charge on any atom is -0.462 e. The highest BCUT2D eigenvalue weighted by molar-refractivity contribution is 6.74. The molecule has 33 heavy (non-hydrogen) atoms. The van der Waals surface area contributed by atoms with Crippen LogP contribution in [0.15, 0.2) is 54.6 Å². The van der Waals surface area contributed by atoms with Crippen LogP contribution in [0.25, 0.3) is 11.1 Å². The Bertz CT molecular complexity index is 993. The van der Waals surface area contributed by atoms with Crippen molar-refractivity contribution in [3.05, 3.63) is 60.2 Å². The maximum atomic E-state index is 13.0. The Kier molecular flexibility index (Phi) is 6.51. The lowest BCUT2D eigenvalue weighted by molar-refractivity contribution is -0.141. The van der Waals surface area contributed by atoms with Crippen LogP contribution in [0.5, 0.6) is 0 Å². The van der Waals surface area contributed by atoms with E-state index in [9.17, 15) is 9.59 Å². The summed E-state index contributed by atoms with van der Waals surface area (Å²) in [4.78, 5) is 24.9. The van der Waals surface area contributed by atoms with E-state index in [0.717, 1.165) is 11.1 Å². The lowest BCUT2D eigenvalue weighted by Gasteiger charge is -2.38. The number of carbonyl (C=O) groups excluding carboxylic acids is 2. The van der Waals surface area contributed by atoms with Crippen molar-refractivity contribution < 1.29 is 23.5 Å². The summed E-state index contributed by atoms with van der Waals surface area (Å²) in [6.07, 6.45) is 0.397. The molecule has 0 unspecified atom stereocenters. The zero-order valence-electron chi connectivity index (χ0n) is 20.2. The highest BCUT2D eigenvalue weighted by Gasteiger charge is 2.52. The quantitative estimate of drug-likeness (QED) is 0.395. The molecule has 4 rings (SSSR count). The zero-order chi connectivity index (χ0) is 23.8. The summed E-state index contributed by atoms with van der Waals surface area (Å²) in [5, 5.41) is 0.0830. The highest BCUT2D eigenvalue weighted by atomic mass is 28.4. The van der Waals surface area contributed by atoms with E-state index in [2.05, 4.69) is 33.9 Å². The van der Waals surface area contributed by atoms with Gasteiger partial charge in [-0.2, -0.15) is 0 Å². The summed E-state index contributed by atoms with van der Waals surface area (Å²) in [6.45, 7) is 11.5. The van der Waals surface area contributed by atoms with Gasteiger partial charge in [-0.3, -0.25) is 4.79 Å². The fourth-order valence-corrected chi connectivity index (χ4v) is 5.52. The molecule has 2 aromatic carbocycles. The number of esters is 2. The number of benzene rings is 2. The van der Waals surface area contributed by atoms with Crippen LogP contribution >= 0.6 is 0 Å². The van der Waals surface area contributed by atoms with E-state index < -0.39 is 8.32 Å². The van der Waals surface area contributed by atoms with Crippen molar-refractivity contribution in [1.29, 1.82) is 0 Å². The molecule has 0 aromatic heterocycles. The largest absolute Gasteiger partial charge is 0.462 e. The molecule has 1 aliphatic carbocycles. The predicted octanol–water partition coefficient (Wildman–Crippen LogP) is 5.85. The number of ether oxygens (including phenoxy) is 2. The maximum Gasteiger partial charge on any atom is 0.338 e. The smallest absolute Gasteiger partial charge is 0.338 e. The van der Waals surface area contributed by atoms with Gasteiger partial charge in [0.15, 0.2) is 8.32 Å². The Labute approximate surface area is 197 Å². The van der Waals surface area contributed by atoms with Crippen molar-refractivity contribution in [3.63, 3.8) is 0 Å². The maximum absolute atomic E-state index is 13.0. The minimum absolute atomic E-state index is 0.0388. The second kappa shape index (κ2) is 9.07. The van der Waals surface area contributed by atoms with Crippen molar-refractivity contribution in [2.24, 2.45) is 11.8 Å². The minimum atomic E-state index is -1.97. The average molecular weight is 467 g/mol. The molecule has 1 saturated heterocycles. The first kappa shape index (κ1) is 23.7. The monoisotopic (exact) mass is 466 g/mol. The van der Waals surface area contributed by atoms with Crippen LogP contribution in [0.2, 0.25) is 18.1 Å². The van der Waals surface area contributed by atoms with Gasteiger partial charge in [-0.1, -0.05) is 63.2 Å². The van der Waals surface area contributed by atoms with E-state index in [1.54, 1.807) is 0 Å². The van der Waals surface area contributed by atoms with E-state index >= 15 is 0 Å². The lowest BCUT2D eigenvalue weighted by atomic mass is 9.93. The number of rotatable bonds is 6. The molecule has 0 N–H and O–H groups in total. The van der Waals surface area contributed by atoms with Gasteiger partial charge in [0.25, 0.3) is 0 Å². The normalized spacial score (nSPS) is 24.9.